The van der Waals surface area contributed by atoms with E-state index in [1.165, 1.54) is 0 Å². The molecule has 1 amide bonds. The van der Waals surface area contributed by atoms with Crippen molar-refractivity contribution in [2.24, 2.45) is 0 Å². The van der Waals surface area contributed by atoms with Crippen LogP contribution in [-0.2, 0) is 0 Å². The van der Waals surface area contributed by atoms with Crippen LogP contribution in [0.25, 0.3) is 0 Å². The van der Waals surface area contributed by atoms with Crippen LogP contribution in [0.3, 0.4) is 0 Å². The van der Waals surface area contributed by atoms with E-state index in [-0.39, 0.29) is 5.91 Å². The van der Waals surface area contributed by atoms with E-state index in [0.717, 1.165) is 0 Å². The molecule has 0 heterocycles. The number of nitrogens with two attached hydrogens (primary N) is 1. The van der Waals surface area contributed by atoms with E-state index in [9.17, 15) is 4.79 Å². The monoisotopic (exact) mass is 281 g/mol. The van der Waals surface area contributed by atoms with Crippen LogP contribution in [0.5, 0.6) is 5.75 Å². The number of rotatable bonds is 4. The van der Waals surface area contributed by atoms with Crippen LogP contribution in [0, 0.1) is 11.3 Å². The van der Waals surface area contributed by atoms with Crippen molar-refractivity contribution in [2.45, 2.75) is 6.92 Å². The molecule has 5 nitrogen and oxygen atoms in total. The lowest BCUT2D eigenvalue weighted by Crippen LogP contribution is -2.12. The van der Waals surface area contributed by atoms with Crippen LogP contribution in [0.2, 0.25) is 0 Å². The van der Waals surface area contributed by atoms with Gasteiger partial charge < -0.3 is 15.8 Å². The summed E-state index contributed by atoms with van der Waals surface area (Å²) in [7, 11) is 0. The Morgan fingerprint density at radius 2 is 2.00 bits per heavy atom. The minimum atomic E-state index is -0.269. The lowest BCUT2D eigenvalue weighted by molar-refractivity contribution is 0.102. The van der Waals surface area contributed by atoms with E-state index in [1.54, 1.807) is 42.5 Å². The maximum Gasteiger partial charge on any atom is 0.255 e. The fraction of sp³-hybridized carbons (Fsp3) is 0.125. The predicted molar refractivity (Wildman–Crippen MR) is 81.1 cm³/mol. The summed E-state index contributed by atoms with van der Waals surface area (Å²) in [6.45, 7) is 2.38. The first-order valence-electron chi connectivity index (χ1n) is 6.48. The first kappa shape index (κ1) is 14.4. The zero-order valence-corrected chi connectivity index (χ0v) is 11.6. The Morgan fingerprint density at radius 3 is 2.57 bits per heavy atom. The lowest BCUT2D eigenvalue weighted by atomic mass is 10.1. The van der Waals surface area contributed by atoms with Gasteiger partial charge in [-0.3, -0.25) is 4.79 Å². The Bertz CT molecular complexity index is 688. The highest BCUT2D eigenvalue weighted by Crippen LogP contribution is 2.23. The molecule has 5 heteroatoms. The third-order valence-electron chi connectivity index (χ3n) is 2.84. The first-order valence-corrected chi connectivity index (χ1v) is 6.48. The number of hydrogen-bond donors (Lipinski definition) is 2. The Labute approximate surface area is 123 Å². The molecule has 0 fully saturated rings. The van der Waals surface area contributed by atoms with E-state index in [0.29, 0.717) is 34.9 Å². The summed E-state index contributed by atoms with van der Waals surface area (Å²) < 4.78 is 5.33. The molecule has 0 bridgehead atoms. The fourth-order valence-electron chi connectivity index (χ4n) is 1.81. The van der Waals surface area contributed by atoms with Gasteiger partial charge in [0.25, 0.3) is 5.91 Å². The molecule has 0 aliphatic heterocycles. The van der Waals surface area contributed by atoms with Crippen LogP contribution in [0.15, 0.2) is 42.5 Å². The van der Waals surface area contributed by atoms with Gasteiger partial charge in [0.1, 0.15) is 5.75 Å². The van der Waals surface area contributed by atoms with E-state index in [2.05, 4.69) is 5.32 Å². The Balaban J connectivity index is 2.12. The van der Waals surface area contributed by atoms with Gasteiger partial charge in [-0.2, -0.15) is 5.26 Å². The number of nitrogens with one attached hydrogen (secondary N) is 1. The molecule has 21 heavy (non-hydrogen) atoms. The molecule has 2 rings (SSSR count). The summed E-state index contributed by atoms with van der Waals surface area (Å²) in [4.78, 5) is 12.1. The molecule has 0 radical (unpaired) electrons. The normalized spacial score (nSPS) is 9.71. The molecule has 0 spiro atoms. The van der Waals surface area contributed by atoms with Gasteiger partial charge in [0.05, 0.1) is 23.9 Å². The smallest absolute Gasteiger partial charge is 0.255 e. The van der Waals surface area contributed by atoms with E-state index in [1.807, 2.05) is 13.0 Å². The minimum Gasteiger partial charge on any atom is -0.492 e. The maximum atomic E-state index is 12.1. The topological polar surface area (TPSA) is 88.1 Å². The van der Waals surface area contributed by atoms with Gasteiger partial charge >= 0.3 is 0 Å². The van der Waals surface area contributed by atoms with Crippen molar-refractivity contribution >= 4 is 17.3 Å². The number of hydrogen-bond acceptors (Lipinski definition) is 4. The van der Waals surface area contributed by atoms with Gasteiger partial charge in [0, 0.05) is 11.3 Å². The van der Waals surface area contributed by atoms with E-state index >= 15 is 0 Å². The molecule has 2 aromatic rings. The molecular formula is C16H15N3O2. The molecule has 3 N–H and O–H groups in total. The highest BCUT2D eigenvalue weighted by molar-refractivity contribution is 6.05. The molecule has 106 valence electrons. The van der Waals surface area contributed by atoms with Crippen LogP contribution >= 0.6 is 0 Å². The van der Waals surface area contributed by atoms with Crippen molar-refractivity contribution in [3.05, 3.63) is 53.6 Å². The number of ether oxygens (including phenoxy) is 1. The SMILES string of the molecule is CCOc1ccc(C(=O)Nc2ccc(C#N)cc2)cc1N. The van der Waals surface area contributed by atoms with Gasteiger partial charge in [-0.25, -0.2) is 0 Å². The molecule has 0 aromatic heterocycles. The second kappa shape index (κ2) is 6.44. The zero-order valence-electron chi connectivity index (χ0n) is 11.6. The summed E-state index contributed by atoms with van der Waals surface area (Å²) in [5, 5.41) is 11.5. The number of nitrogen functional groups attached to an aromatic ring is 1. The first-order chi connectivity index (χ1) is 10.1. The number of nitriles is 1. The van der Waals surface area contributed by atoms with Crippen molar-refractivity contribution in [1.82, 2.24) is 0 Å². The highest BCUT2D eigenvalue weighted by Gasteiger charge is 2.09. The average Bonchev–Trinajstić information content (AvgIpc) is 2.50. The molecule has 2 aromatic carbocycles. The third-order valence-corrected chi connectivity index (χ3v) is 2.84. The van der Waals surface area contributed by atoms with E-state index in [4.69, 9.17) is 15.7 Å². The Hall–Kier alpha value is -3.00. The number of carbonyl (C=O) groups is 1. The van der Waals surface area contributed by atoms with Crippen molar-refractivity contribution < 1.29 is 9.53 Å². The molecule has 0 unspecified atom stereocenters. The molecule has 0 atom stereocenters. The lowest BCUT2D eigenvalue weighted by Gasteiger charge is -2.09. The summed E-state index contributed by atoms with van der Waals surface area (Å²) in [6.07, 6.45) is 0. The van der Waals surface area contributed by atoms with Crippen molar-refractivity contribution in [2.75, 3.05) is 17.7 Å². The maximum absolute atomic E-state index is 12.1. The third kappa shape index (κ3) is 3.51. The zero-order chi connectivity index (χ0) is 15.2. The summed E-state index contributed by atoms with van der Waals surface area (Å²) >= 11 is 0. The van der Waals surface area contributed by atoms with Crippen molar-refractivity contribution in [3.8, 4) is 11.8 Å². The molecule has 0 aliphatic carbocycles. The predicted octanol–water partition coefficient (Wildman–Crippen LogP) is 2.79. The summed E-state index contributed by atoms with van der Waals surface area (Å²) in [5.41, 5.74) is 7.86. The van der Waals surface area contributed by atoms with Crippen LogP contribution in [0.4, 0.5) is 11.4 Å². The number of nitrogens with zero attached hydrogens (tertiary/aromatic N) is 1. The largest absolute Gasteiger partial charge is 0.492 e. The van der Waals surface area contributed by atoms with Gasteiger partial charge in [-0.15, -0.1) is 0 Å². The van der Waals surface area contributed by atoms with Gasteiger partial charge in [-0.05, 0) is 49.4 Å². The Kier molecular flexibility index (Phi) is 4.42. The summed E-state index contributed by atoms with van der Waals surface area (Å²) in [5.74, 6) is 0.293. The van der Waals surface area contributed by atoms with Gasteiger partial charge in [-0.1, -0.05) is 0 Å². The van der Waals surface area contributed by atoms with Gasteiger partial charge in [0.2, 0.25) is 0 Å². The van der Waals surface area contributed by atoms with Crippen LogP contribution in [-0.4, -0.2) is 12.5 Å². The molecule has 0 saturated carbocycles. The standard InChI is InChI=1S/C16H15N3O2/c1-2-21-15-8-5-12(9-14(15)18)16(20)19-13-6-3-11(10-17)4-7-13/h3-9H,2,18H2,1H3,(H,19,20). The van der Waals surface area contributed by atoms with Crippen molar-refractivity contribution in [3.63, 3.8) is 0 Å². The quantitative estimate of drug-likeness (QED) is 0.843. The number of anilines is 2. The Morgan fingerprint density at radius 1 is 1.29 bits per heavy atom. The number of carbonyl (C=O) groups excluding carboxylic acids is 1. The molecule has 0 saturated heterocycles. The minimum absolute atomic E-state index is 0.269. The van der Waals surface area contributed by atoms with E-state index < -0.39 is 0 Å². The van der Waals surface area contributed by atoms with Crippen LogP contribution in [0.1, 0.15) is 22.8 Å². The van der Waals surface area contributed by atoms with Crippen LogP contribution < -0.4 is 15.8 Å². The second-order valence-electron chi connectivity index (χ2n) is 4.33. The van der Waals surface area contributed by atoms with Crippen molar-refractivity contribution in [1.29, 1.82) is 5.26 Å². The highest BCUT2D eigenvalue weighted by atomic mass is 16.5. The molecular weight excluding hydrogens is 266 g/mol. The number of benzene rings is 2. The summed E-state index contributed by atoms with van der Waals surface area (Å²) in [6, 6.07) is 13.6. The fourth-order valence-corrected chi connectivity index (χ4v) is 1.81. The number of amides is 1. The van der Waals surface area contributed by atoms with Gasteiger partial charge in [0.15, 0.2) is 0 Å². The second-order valence-corrected chi connectivity index (χ2v) is 4.33. The molecule has 0 aliphatic rings. The average molecular weight is 281 g/mol.